The largest absolute Gasteiger partial charge is 0.394 e. The summed E-state index contributed by atoms with van der Waals surface area (Å²) in [5, 5.41) is 1.20. The molecule has 0 spiro atoms. The lowest BCUT2D eigenvalue weighted by Gasteiger charge is -2.26. The van der Waals surface area contributed by atoms with Crippen LogP contribution < -0.4 is 5.19 Å². The normalized spacial score (nSPS) is 11.6. The second-order valence-electron chi connectivity index (χ2n) is 2.88. The van der Waals surface area contributed by atoms with Gasteiger partial charge in [-0.2, -0.15) is 0 Å². The third-order valence-electron chi connectivity index (χ3n) is 2.34. The summed E-state index contributed by atoms with van der Waals surface area (Å²) in [6, 6.07) is 11.1. The van der Waals surface area contributed by atoms with Crippen molar-refractivity contribution >= 4 is 13.7 Å². The summed E-state index contributed by atoms with van der Waals surface area (Å²) >= 11 is 0. The van der Waals surface area contributed by atoms with Crippen LogP contribution >= 0.6 is 0 Å². The Hall–Kier alpha value is -0.643. The van der Waals surface area contributed by atoms with Gasteiger partial charge < -0.3 is 8.85 Å². The fourth-order valence-corrected chi connectivity index (χ4v) is 3.83. The van der Waals surface area contributed by atoms with E-state index >= 15 is 0 Å². The van der Waals surface area contributed by atoms with Gasteiger partial charge in [-0.15, -0.1) is 0 Å². The van der Waals surface area contributed by atoms with Gasteiger partial charge in [-0.3, -0.25) is 0 Å². The summed E-state index contributed by atoms with van der Waals surface area (Å²) < 4.78 is 11.1. The van der Waals surface area contributed by atoms with Crippen molar-refractivity contribution in [2.75, 3.05) is 14.2 Å². The van der Waals surface area contributed by atoms with Gasteiger partial charge in [-0.1, -0.05) is 37.3 Å². The minimum Gasteiger partial charge on any atom is -0.394 e. The molecular formula is C10H16O2Si. The van der Waals surface area contributed by atoms with Crippen molar-refractivity contribution in [3.63, 3.8) is 0 Å². The van der Waals surface area contributed by atoms with E-state index in [1.165, 1.54) is 5.19 Å². The molecule has 0 aliphatic carbocycles. The molecule has 0 heterocycles. The molecule has 0 saturated heterocycles. The maximum Gasteiger partial charge on any atom is 0.371 e. The third-order valence-corrected chi connectivity index (χ3v) is 5.80. The van der Waals surface area contributed by atoms with Gasteiger partial charge >= 0.3 is 8.56 Å². The summed E-state index contributed by atoms with van der Waals surface area (Å²) in [4.78, 5) is 0. The second kappa shape index (κ2) is 4.55. The van der Waals surface area contributed by atoms with Crippen LogP contribution in [0.5, 0.6) is 0 Å². The zero-order valence-corrected chi connectivity index (χ0v) is 9.41. The maximum atomic E-state index is 5.54. The highest BCUT2D eigenvalue weighted by atomic mass is 28.4. The molecule has 0 aliphatic heterocycles. The van der Waals surface area contributed by atoms with Gasteiger partial charge in [0.1, 0.15) is 0 Å². The van der Waals surface area contributed by atoms with Gasteiger partial charge in [0, 0.05) is 14.2 Å². The van der Waals surface area contributed by atoms with E-state index in [1.54, 1.807) is 14.2 Å². The van der Waals surface area contributed by atoms with Crippen LogP contribution in [0.2, 0.25) is 6.04 Å². The molecule has 1 rings (SSSR count). The Bertz CT molecular complexity index is 236. The smallest absolute Gasteiger partial charge is 0.371 e. The Labute approximate surface area is 80.7 Å². The van der Waals surface area contributed by atoms with Crippen LogP contribution in [0.3, 0.4) is 0 Å². The summed E-state index contributed by atoms with van der Waals surface area (Å²) in [5.41, 5.74) is 0. The van der Waals surface area contributed by atoms with Gasteiger partial charge in [0.15, 0.2) is 0 Å². The first kappa shape index (κ1) is 10.4. The number of rotatable bonds is 4. The summed E-state index contributed by atoms with van der Waals surface area (Å²) in [6.07, 6.45) is 0. The van der Waals surface area contributed by atoms with E-state index in [1.807, 2.05) is 18.2 Å². The van der Waals surface area contributed by atoms with Crippen molar-refractivity contribution in [3.05, 3.63) is 30.3 Å². The highest BCUT2D eigenvalue weighted by molar-refractivity contribution is 6.80. The Kier molecular flexibility index (Phi) is 3.66. The zero-order chi connectivity index (χ0) is 9.73. The molecule has 0 atom stereocenters. The summed E-state index contributed by atoms with van der Waals surface area (Å²) in [6.45, 7) is 2.10. The zero-order valence-electron chi connectivity index (χ0n) is 8.41. The average molecular weight is 196 g/mol. The number of hydrogen-bond acceptors (Lipinski definition) is 2. The minimum atomic E-state index is -2.09. The fraction of sp³-hybridized carbons (Fsp3) is 0.400. The third kappa shape index (κ3) is 1.99. The molecule has 0 aromatic heterocycles. The Morgan fingerprint density at radius 1 is 1.08 bits per heavy atom. The average Bonchev–Trinajstić information content (AvgIpc) is 2.23. The molecule has 13 heavy (non-hydrogen) atoms. The van der Waals surface area contributed by atoms with Crippen LogP contribution in [-0.2, 0) is 8.85 Å². The molecule has 1 aromatic rings. The summed E-state index contributed by atoms with van der Waals surface area (Å²) in [7, 11) is 1.36. The first-order chi connectivity index (χ1) is 6.29. The van der Waals surface area contributed by atoms with E-state index in [-0.39, 0.29) is 0 Å². The van der Waals surface area contributed by atoms with Crippen LogP contribution in [0.15, 0.2) is 30.3 Å². The van der Waals surface area contributed by atoms with Crippen molar-refractivity contribution in [3.8, 4) is 0 Å². The van der Waals surface area contributed by atoms with Crippen molar-refractivity contribution in [1.82, 2.24) is 0 Å². The minimum absolute atomic E-state index is 0.935. The number of benzene rings is 1. The van der Waals surface area contributed by atoms with Crippen molar-refractivity contribution in [2.24, 2.45) is 0 Å². The standard InChI is InChI=1S/C10H16O2Si/c1-4-13(11-2,12-3)10-8-6-5-7-9-10/h5-9H,4H2,1-3H3. The molecule has 0 aliphatic rings. The van der Waals surface area contributed by atoms with Crippen molar-refractivity contribution in [2.45, 2.75) is 13.0 Å². The van der Waals surface area contributed by atoms with E-state index in [0.29, 0.717) is 0 Å². The molecule has 1 aromatic carbocycles. The lowest BCUT2D eigenvalue weighted by molar-refractivity contribution is 0.259. The van der Waals surface area contributed by atoms with Crippen LogP contribution in [-0.4, -0.2) is 22.8 Å². The highest BCUT2D eigenvalue weighted by Crippen LogP contribution is 2.10. The van der Waals surface area contributed by atoms with Crippen molar-refractivity contribution < 1.29 is 8.85 Å². The topological polar surface area (TPSA) is 18.5 Å². The highest BCUT2D eigenvalue weighted by Gasteiger charge is 2.35. The molecule has 2 nitrogen and oxygen atoms in total. The predicted octanol–water partition coefficient (Wildman–Crippen LogP) is 1.65. The van der Waals surface area contributed by atoms with Crippen LogP contribution in [0, 0.1) is 0 Å². The Morgan fingerprint density at radius 3 is 2.00 bits per heavy atom. The maximum absolute atomic E-state index is 5.54. The van der Waals surface area contributed by atoms with E-state index in [0.717, 1.165) is 6.04 Å². The van der Waals surface area contributed by atoms with Gasteiger partial charge in [-0.25, -0.2) is 0 Å². The van der Waals surface area contributed by atoms with Gasteiger partial charge in [-0.05, 0) is 11.2 Å². The summed E-state index contributed by atoms with van der Waals surface area (Å²) in [5.74, 6) is 0. The molecule has 0 amide bonds. The van der Waals surface area contributed by atoms with E-state index in [4.69, 9.17) is 8.85 Å². The van der Waals surface area contributed by atoms with Gasteiger partial charge in [0.2, 0.25) is 0 Å². The fourth-order valence-electron chi connectivity index (χ4n) is 1.50. The molecule has 3 heteroatoms. The quantitative estimate of drug-likeness (QED) is 0.682. The van der Waals surface area contributed by atoms with Gasteiger partial charge in [0.05, 0.1) is 0 Å². The van der Waals surface area contributed by atoms with E-state index in [2.05, 4.69) is 19.1 Å². The molecule has 0 unspecified atom stereocenters. The molecule has 0 N–H and O–H groups in total. The second-order valence-corrected chi connectivity index (χ2v) is 6.49. The van der Waals surface area contributed by atoms with E-state index < -0.39 is 8.56 Å². The molecule has 0 radical (unpaired) electrons. The SMILES string of the molecule is CC[Si](OC)(OC)c1ccccc1. The lowest BCUT2D eigenvalue weighted by Crippen LogP contribution is -2.51. The lowest BCUT2D eigenvalue weighted by atomic mass is 10.4. The first-order valence-electron chi connectivity index (χ1n) is 4.45. The monoisotopic (exact) mass is 196 g/mol. The molecule has 0 fully saturated rings. The van der Waals surface area contributed by atoms with Crippen LogP contribution in [0.1, 0.15) is 6.92 Å². The van der Waals surface area contributed by atoms with Crippen LogP contribution in [0.4, 0.5) is 0 Å². The molecule has 0 saturated carbocycles. The Morgan fingerprint density at radius 2 is 1.62 bits per heavy atom. The van der Waals surface area contributed by atoms with Crippen LogP contribution in [0.25, 0.3) is 0 Å². The van der Waals surface area contributed by atoms with E-state index in [9.17, 15) is 0 Å². The van der Waals surface area contributed by atoms with Gasteiger partial charge in [0.25, 0.3) is 0 Å². The molecule has 0 bridgehead atoms. The number of hydrogen-bond donors (Lipinski definition) is 0. The Balaban J connectivity index is 3.01. The molecular weight excluding hydrogens is 180 g/mol. The molecule has 72 valence electrons. The first-order valence-corrected chi connectivity index (χ1v) is 6.47. The predicted molar refractivity (Wildman–Crippen MR) is 56.3 cm³/mol. The van der Waals surface area contributed by atoms with Crippen molar-refractivity contribution in [1.29, 1.82) is 0 Å².